The van der Waals surface area contributed by atoms with Crippen molar-refractivity contribution in [3.05, 3.63) is 11.9 Å². The monoisotopic (exact) mass is 168 g/mol. The first kappa shape index (κ1) is 8.73. The second-order valence-electron chi connectivity index (χ2n) is 2.28. The van der Waals surface area contributed by atoms with Gasteiger partial charge in [-0.25, -0.2) is 9.97 Å². The number of nitrogens with zero attached hydrogens (tertiary/aromatic N) is 2. The highest BCUT2D eigenvalue weighted by Crippen LogP contribution is 2.07. The van der Waals surface area contributed by atoms with Crippen molar-refractivity contribution in [3.63, 3.8) is 0 Å². The van der Waals surface area contributed by atoms with Gasteiger partial charge in [0.05, 0.1) is 0 Å². The van der Waals surface area contributed by atoms with E-state index >= 15 is 0 Å². The predicted molar refractivity (Wildman–Crippen MR) is 46.7 cm³/mol. The maximum atomic E-state index is 5.52. The van der Waals surface area contributed by atoms with Crippen LogP contribution in [0.15, 0.2) is 6.07 Å². The molecular formula is C7H12N4O. The fraction of sp³-hybridized carbons (Fsp3) is 0.429. The third-order valence-corrected chi connectivity index (χ3v) is 1.32. The van der Waals surface area contributed by atoms with Crippen LogP contribution in [-0.4, -0.2) is 24.1 Å². The van der Waals surface area contributed by atoms with Crippen molar-refractivity contribution in [2.45, 2.75) is 6.61 Å². The number of hydrogen-bond acceptors (Lipinski definition) is 5. The second kappa shape index (κ2) is 3.87. The molecule has 1 rings (SSSR count). The number of rotatable bonds is 3. The number of nitrogens with two attached hydrogens (primary N) is 1. The Morgan fingerprint density at radius 3 is 2.92 bits per heavy atom. The smallest absolute Gasteiger partial charge is 0.158 e. The minimum absolute atomic E-state index is 0.375. The van der Waals surface area contributed by atoms with E-state index in [-0.39, 0.29) is 0 Å². The summed E-state index contributed by atoms with van der Waals surface area (Å²) in [7, 11) is 3.37. The average molecular weight is 168 g/mol. The lowest BCUT2D eigenvalue weighted by atomic mass is 10.5. The van der Waals surface area contributed by atoms with E-state index in [1.54, 1.807) is 20.2 Å². The Bertz CT molecular complexity index is 264. The molecule has 1 aromatic rings. The molecule has 0 atom stereocenters. The van der Waals surface area contributed by atoms with Gasteiger partial charge in [-0.2, -0.15) is 0 Å². The topological polar surface area (TPSA) is 73.1 Å². The Kier molecular flexibility index (Phi) is 2.82. The van der Waals surface area contributed by atoms with E-state index in [0.717, 1.165) is 0 Å². The molecule has 5 nitrogen and oxygen atoms in total. The summed E-state index contributed by atoms with van der Waals surface area (Å²) < 4.78 is 4.87. The van der Waals surface area contributed by atoms with E-state index in [4.69, 9.17) is 10.5 Å². The fourth-order valence-electron chi connectivity index (χ4n) is 0.839. The Morgan fingerprint density at radius 2 is 2.33 bits per heavy atom. The summed E-state index contributed by atoms with van der Waals surface area (Å²) in [4.78, 5) is 8.09. The number of nitrogen functional groups attached to an aromatic ring is 1. The molecule has 0 unspecified atom stereocenters. The van der Waals surface area contributed by atoms with Gasteiger partial charge in [0.2, 0.25) is 0 Å². The first-order valence-corrected chi connectivity index (χ1v) is 3.56. The Morgan fingerprint density at radius 1 is 1.58 bits per heavy atom. The summed E-state index contributed by atoms with van der Waals surface area (Å²) in [6.45, 7) is 0.375. The highest BCUT2D eigenvalue weighted by atomic mass is 16.5. The SMILES string of the molecule is CNc1cc(N)nc(COC)n1. The Labute approximate surface area is 71.0 Å². The van der Waals surface area contributed by atoms with Gasteiger partial charge in [0.25, 0.3) is 0 Å². The lowest BCUT2D eigenvalue weighted by Crippen LogP contribution is -2.04. The molecule has 0 radical (unpaired) electrons. The van der Waals surface area contributed by atoms with Gasteiger partial charge in [-0.3, -0.25) is 0 Å². The summed E-state index contributed by atoms with van der Waals surface area (Å²) in [5, 5.41) is 2.88. The zero-order valence-electron chi connectivity index (χ0n) is 7.16. The molecule has 0 aliphatic rings. The Hall–Kier alpha value is -1.36. The number of anilines is 2. The molecule has 1 aromatic heterocycles. The number of hydrogen-bond donors (Lipinski definition) is 2. The summed E-state index contributed by atoms with van der Waals surface area (Å²) in [5.74, 6) is 1.73. The van der Waals surface area contributed by atoms with Crippen LogP contribution in [0.5, 0.6) is 0 Å². The van der Waals surface area contributed by atoms with Gasteiger partial charge in [-0.15, -0.1) is 0 Å². The number of ether oxygens (including phenoxy) is 1. The molecule has 0 amide bonds. The highest BCUT2D eigenvalue weighted by Gasteiger charge is 1.99. The van der Waals surface area contributed by atoms with Crippen LogP contribution >= 0.6 is 0 Å². The largest absolute Gasteiger partial charge is 0.384 e. The molecule has 3 N–H and O–H groups in total. The molecule has 12 heavy (non-hydrogen) atoms. The van der Waals surface area contributed by atoms with Crippen LogP contribution in [0.25, 0.3) is 0 Å². The molecule has 0 saturated carbocycles. The zero-order chi connectivity index (χ0) is 8.97. The first-order chi connectivity index (χ1) is 5.76. The highest BCUT2D eigenvalue weighted by molar-refractivity contribution is 5.43. The minimum atomic E-state index is 0.375. The maximum Gasteiger partial charge on any atom is 0.158 e. The van der Waals surface area contributed by atoms with Crippen LogP contribution in [0.1, 0.15) is 5.82 Å². The van der Waals surface area contributed by atoms with Gasteiger partial charge >= 0.3 is 0 Å². The summed E-state index contributed by atoms with van der Waals surface area (Å²) in [6.07, 6.45) is 0. The number of aromatic nitrogens is 2. The molecule has 1 heterocycles. The quantitative estimate of drug-likeness (QED) is 0.676. The van der Waals surface area contributed by atoms with Crippen LogP contribution in [-0.2, 0) is 11.3 Å². The molecule has 5 heteroatoms. The molecule has 0 fully saturated rings. The van der Waals surface area contributed by atoms with Crippen molar-refractivity contribution in [2.75, 3.05) is 25.2 Å². The molecule has 0 aliphatic heterocycles. The van der Waals surface area contributed by atoms with Crippen molar-refractivity contribution in [1.29, 1.82) is 0 Å². The van der Waals surface area contributed by atoms with Gasteiger partial charge in [-0.05, 0) is 0 Å². The van der Waals surface area contributed by atoms with Gasteiger partial charge in [0, 0.05) is 20.2 Å². The van der Waals surface area contributed by atoms with Crippen molar-refractivity contribution in [2.24, 2.45) is 0 Å². The lowest BCUT2D eigenvalue weighted by Gasteiger charge is -2.03. The standard InChI is InChI=1S/C7H12N4O/c1-9-6-3-5(8)10-7(11-6)4-12-2/h3H,4H2,1-2H3,(H3,8,9,10,11). The Balaban J connectivity index is 2.90. The van der Waals surface area contributed by atoms with Crippen molar-refractivity contribution in [1.82, 2.24) is 9.97 Å². The molecule has 0 aromatic carbocycles. The van der Waals surface area contributed by atoms with Crippen molar-refractivity contribution in [3.8, 4) is 0 Å². The van der Waals surface area contributed by atoms with Crippen molar-refractivity contribution < 1.29 is 4.74 Å². The third kappa shape index (κ3) is 2.06. The van der Waals surface area contributed by atoms with Gasteiger partial charge in [-0.1, -0.05) is 0 Å². The molecule has 0 saturated heterocycles. The molecule has 0 bridgehead atoms. The van der Waals surface area contributed by atoms with E-state index in [2.05, 4.69) is 15.3 Å². The van der Waals surface area contributed by atoms with Gasteiger partial charge in [0.15, 0.2) is 5.82 Å². The van der Waals surface area contributed by atoms with Crippen molar-refractivity contribution >= 4 is 11.6 Å². The normalized spacial score (nSPS) is 9.83. The van der Waals surface area contributed by atoms with E-state index in [1.165, 1.54) is 0 Å². The first-order valence-electron chi connectivity index (χ1n) is 3.56. The maximum absolute atomic E-state index is 5.52. The number of methoxy groups -OCH3 is 1. The number of nitrogens with one attached hydrogen (secondary N) is 1. The van der Waals surface area contributed by atoms with E-state index in [0.29, 0.717) is 24.1 Å². The summed E-state index contributed by atoms with van der Waals surface area (Å²) in [6, 6.07) is 1.67. The van der Waals surface area contributed by atoms with E-state index in [1.807, 2.05) is 0 Å². The molecular weight excluding hydrogens is 156 g/mol. The van der Waals surface area contributed by atoms with Crippen LogP contribution in [0.2, 0.25) is 0 Å². The van der Waals surface area contributed by atoms with Crippen LogP contribution in [0.3, 0.4) is 0 Å². The third-order valence-electron chi connectivity index (χ3n) is 1.32. The fourth-order valence-corrected chi connectivity index (χ4v) is 0.839. The van der Waals surface area contributed by atoms with E-state index < -0.39 is 0 Å². The second-order valence-corrected chi connectivity index (χ2v) is 2.28. The zero-order valence-corrected chi connectivity index (χ0v) is 7.16. The minimum Gasteiger partial charge on any atom is -0.384 e. The lowest BCUT2D eigenvalue weighted by molar-refractivity contribution is 0.178. The van der Waals surface area contributed by atoms with E-state index in [9.17, 15) is 0 Å². The van der Waals surface area contributed by atoms with Crippen LogP contribution in [0, 0.1) is 0 Å². The summed E-state index contributed by atoms with van der Waals surface area (Å²) >= 11 is 0. The average Bonchev–Trinajstić information content (AvgIpc) is 2.04. The molecule has 66 valence electrons. The van der Waals surface area contributed by atoms with Gasteiger partial charge in [0.1, 0.15) is 18.2 Å². The van der Waals surface area contributed by atoms with Gasteiger partial charge < -0.3 is 15.8 Å². The predicted octanol–water partition coefficient (Wildman–Crippen LogP) is 0.247. The molecule has 0 aliphatic carbocycles. The van der Waals surface area contributed by atoms with Crippen LogP contribution in [0.4, 0.5) is 11.6 Å². The molecule has 0 spiro atoms. The summed E-state index contributed by atoms with van der Waals surface area (Å²) in [5.41, 5.74) is 5.52. The van der Waals surface area contributed by atoms with Crippen LogP contribution < -0.4 is 11.1 Å².